The van der Waals surface area contributed by atoms with Crippen LogP contribution in [0.1, 0.15) is 40.9 Å². The van der Waals surface area contributed by atoms with E-state index in [-0.39, 0.29) is 18.4 Å². The molecule has 8 nitrogen and oxygen atoms in total. The van der Waals surface area contributed by atoms with E-state index in [0.717, 1.165) is 37.2 Å². The highest BCUT2D eigenvalue weighted by molar-refractivity contribution is 5.98. The highest BCUT2D eigenvalue weighted by Gasteiger charge is 2.53. The number of likely N-dealkylation sites (tertiary alicyclic amines) is 1. The van der Waals surface area contributed by atoms with Crippen LogP contribution in [0.15, 0.2) is 42.9 Å². The van der Waals surface area contributed by atoms with E-state index in [0.29, 0.717) is 23.8 Å². The van der Waals surface area contributed by atoms with Crippen LogP contribution in [0.4, 0.5) is 13.2 Å². The SMILES string of the molecule is Cc1ccc(C(=O)N2CC3CCC2(COc2ccc(C(F)(F)F)cn2)C3)c(-n2ccnn2)n1. The molecule has 2 fully saturated rings. The van der Waals surface area contributed by atoms with Gasteiger partial charge in [-0.05, 0) is 50.3 Å². The van der Waals surface area contributed by atoms with Crippen LogP contribution in [-0.4, -0.2) is 54.5 Å². The summed E-state index contributed by atoms with van der Waals surface area (Å²) in [5.41, 5.74) is -0.229. The summed E-state index contributed by atoms with van der Waals surface area (Å²) in [6.07, 6.45) is 1.94. The predicted octanol–water partition coefficient (Wildman–Crippen LogP) is 3.46. The summed E-state index contributed by atoms with van der Waals surface area (Å²) in [7, 11) is 0. The molecule has 1 aliphatic heterocycles. The third kappa shape index (κ3) is 3.91. The quantitative estimate of drug-likeness (QED) is 0.582. The molecule has 2 unspecified atom stereocenters. The molecule has 2 atom stereocenters. The second-order valence-electron chi connectivity index (χ2n) is 8.59. The minimum absolute atomic E-state index is 0.0976. The molecule has 2 aliphatic rings. The van der Waals surface area contributed by atoms with Crippen molar-refractivity contribution >= 4 is 5.91 Å². The minimum Gasteiger partial charge on any atom is -0.475 e. The van der Waals surface area contributed by atoms with Gasteiger partial charge < -0.3 is 9.64 Å². The zero-order valence-corrected chi connectivity index (χ0v) is 17.8. The highest BCUT2D eigenvalue weighted by Crippen LogP contribution is 2.47. The number of alkyl halides is 3. The number of hydrogen-bond acceptors (Lipinski definition) is 6. The van der Waals surface area contributed by atoms with Crippen LogP contribution in [0, 0.1) is 12.8 Å². The number of aryl methyl sites for hydroxylation is 1. The van der Waals surface area contributed by atoms with Crippen molar-refractivity contribution < 1.29 is 22.7 Å². The molecule has 1 saturated heterocycles. The number of amides is 1. The average molecular weight is 458 g/mol. The van der Waals surface area contributed by atoms with Gasteiger partial charge in [-0.15, -0.1) is 5.10 Å². The summed E-state index contributed by atoms with van der Waals surface area (Å²) in [5, 5.41) is 7.80. The van der Waals surface area contributed by atoms with Gasteiger partial charge in [0.05, 0.1) is 29.1 Å². The zero-order chi connectivity index (χ0) is 23.2. The van der Waals surface area contributed by atoms with Gasteiger partial charge in [0.1, 0.15) is 6.61 Å². The number of piperidine rings is 1. The first-order valence-corrected chi connectivity index (χ1v) is 10.6. The fourth-order valence-corrected chi connectivity index (χ4v) is 4.77. The molecule has 11 heteroatoms. The van der Waals surface area contributed by atoms with Crippen LogP contribution in [-0.2, 0) is 6.18 Å². The van der Waals surface area contributed by atoms with E-state index < -0.39 is 17.3 Å². The number of ether oxygens (including phenoxy) is 1. The molecule has 0 N–H and O–H groups in total. The number of halogens is 3. The Balaban J connectivity index is 1.39. The van der Waals surface area contributed by atoms with Crippen molar-refractivity contribution in [3.63, 3.8) is 0 Å². The third-order valence-electron chi connectivity index (χ3n) is 6.38. The summed E-state index contributed by atoms with van der Waals surface area (Å²) >= 11 is 0. The Bertz CT molecular complexity index is 1170. The summed E-state index contributed by atoms with van der Waals surface area (Å²) in [4.78, 5) is 23.8. The first kappa shape index (κ1) is 21.4. The van der Waals surface area contributed by atoms with Crippen LogP contribution in [0.2, 0.25) is 0 Å². The van der Waals surface area contributed by atoms with Gasteiger partial charge >= 0.3 is 6.18 Å². The number of hydrogen-bond donors (Lipinski definition) is 0. The maximum Gasteiger partial charge on any atom is 0.417 e. The number of carbonyl (C=O) groups excluding carboxylic acids is 1. The molecular weight excluding hydrogens is 437 g/mol. The molecule has 1 amide bonds. The normalized spacial score (nSPS) is 22.1. The van der Waals surface area contributed by atoms with Gasteiger partial charge in [0.25, 0.3) is 5.91 Å². The monoisotopic (exact) mass is 458 g/mol. The Morgan fingerprint density at radius 3 is 2.79 bits per heavy atom. The van der Waals surface area contributed by atoms with Gasteiger partial charge in [-0.3, -0.25) is 4.79 Å². The maximum absolute atomic E-state index is 13.7. The molecule has 1 aliphatic carbocycles. The van der Waals surface area contributed by atoms with E-state index in [1.54, 1.807) is 18.3 Å². The van der Waals surface area contributed by atoms with E-state index >= 15 is 0 Å². The van der Waals surface area contributed by atoms with Crippen LogP contribution >= 0.6 is 0 Å². The van der Waals surface area contributed by atoms with Crippen molar-refractivity contribution in [1.29, 1.82) is 0 Å². The topological polar surface area (TPSA) is 86.0 Å². The van der Waals surface area contributed by atoms with Gasteiger partial charge in [0.15, 0.2) is 5.82 Å². The lowest BCUT2D eigenvalue weighted by atomic mass is 9.97. The van der Waals surface area contributed by atoms with Crippen molar-refractivity contribution in [3.8, 4) is 11.7 Å². The molecule has 5 rings (SSSR count). The van der Waals surface area contributed by atoms with Crippen molar-refractivity contribution in [2.75, 3.05) is 13.2 Å². The van der Waals surface area contributed by atoms with Crippen LogP contribution in [0.25, 0.3) is 5.82 Å². The lowest BCUT2D eigenvalue weighted by molar-refractivity contribution is -0.137. The van der Waals surface area contributed by atoms with Crippen molar-refractivity contribution in [1.82, 2.24) is 29.9 Å². The largest absolute Gasteiger partial charge is 0.475 e. The first-order chi connectivity index (χ1) is 15.7. The Kier molecular flexibility index (Phi) is 5.06. The molecular formula is C22H21F3N6O2. The fourth-order valence-electron chi connectivity index (χ4n) is 4.77. The Morgan fingerprint density at radius 1 is 1.27 bits per heavy atom. The standard InChI is InChI=1S/C22H21F3N6O2/c1-14-2-4-17(19(28-14)31-9-8-27-29-31)20(32)30-12-15-6-7-21(30,10-15)13-33-18-5-3-16(11-26-18)22(23,24)25/h2-5,8-9,11,15H,6-7,10,12-13H2,1H3. The van der Waals surface area contributed by atoms with Gasteiger partial charge in [-0.1, -0.05) is 5.21 Å². The molecule has 0 radical (unpaired) electrons. The number of aromatic nitrogens is 5. The van der Waals surface area contributed by atoms with E-state index in [2.05, 4.69) is 20.3 Å². The fraction of sp³-hybridized carbons (Fsp3) is 0.409. The predicted molar refractivity (Wildman–Crippen MR) is 110 cm³/mol. The number of carbonyl (C=O) groups is 1. The molecule has 0 spiro atoms. The number of rotatable bonds is 5. The van der Waals surface area contributed by atoms with Gasteiger partial charge in [-0.25, -0.2) is 14.6 Å². The number of pyridine rings is 2. The number of fused-ring (bicyclic) bond motifs is 2. The molecule has 0 aromatic carbocycles. The van der Waals surface area contributed by atoms with Gasteiger partial charge in [-0.2, -0.15) is 13.2 Å². The Morgan fingerprint density at radius 2 is 2.12 bits per heavy atom. The summed E-state index contributed by atoms with van der Waals surface area (Å²) < 4.78 is 45.6. The molecule has 2 bridgehead atoms. The highest BCUT2D eigenvalue weighted by atomic mass is 19.4. The average Bonchev–Trinajstić information content (AvgIpc) is 3.54. The van der Waals surface area contributed by atoms with Crippen LogP contribution in [0.5, 0.6) is 5.88 Å². The van der Waals surface area contributed by atoms with Gasteiger partial charge in [0, 0.05) is 24.5 Å². The van der Waals surface area contributed by atoms with Crippen molar-refractivity contribution in [2.45, 2.75) is 37.9 Å². The zero-order valence-electron chi connectivity index (χ0n) is 17.8. The number of nitrogens with zero attached hydrogens (tertiary/aromatic N) is 6. The van der Waals surface area contributed by atoms with Gasteiger partial charge in [0.2, 0.25) is 5.88 Å². The molecule has 3 aromatic heterocycles. The Labute approximate surface area is 187 Å². The van der Waals surface area contributed by atoms with Crippen LogP contribution in [0.3, 0.4) is 0 Å². The first-order valence-electron chi connectivity index (χ1n) is 10.6. The van der Waals surface area contributed by atoms with Crippen molar-refractivity contribution in [3.05, 3.63) is 59.7 Å². The Hall–Kier alpha value is -3.50. The second kappa shape index (κ2) is 7.82. The lowest BCUT2D eigenvalue weighted by Crippen LogP contribution is -2.52. The maximum atomic E-state index is 13.7. The third-order valence-corrected chi connectivity index (χ3v) is 6.38. The van der Waals surface area contributed by atoms with Crippen molar-refractivity contribution in [2.24, 2.45) is 5.92 Å². The van der Waals surface area contributed by atoms with E-state index in [1.807, 2.05) is 11.8 Å². The molecule has 172 valence electrons. The summed E-state index contributed by atoms with van der Waals surface area (Å²) in [6.45, 7) is 2.58. The summed E-state index contributed by atoms with van der Waals surface area (Å²) in [5.74, 6) is 0.673. The second-order valence-corrected chi connectivity index (χ2v) is 8.59. The van der Waals surface area contributed by atoms with E-state index in [1.165, 1.54) is 16.9 Å². The molecule has 4 heterocycles. The summed E-state index contributed by atoms with van der Waals surface area (Å²) in [6, 6.07) is 5.66. The lowest BCUT2D eigenvalue weighted by Gasteiger charge is -2.38. The molecule has 33 heavy (non-hydrogen) atoms. The van der Waals surface area contributed by atoms with E-state index in [4.69, 9.17) is 4.74 Å². The van der Waals surface area contributed by atoms with Crippen LogP contribution < -0.4 is 4.74 Å². The molecule has 1 saturated carbocycles. The van der Waals surface area contributed by atoms with E-state index in [9.17, 15) is 18.0 Å². The minimum atomic E-state index is -4.46. The smallest absolute Gasteiger partial charge is 0.417 e. The molecule has 3 aromatic rings.